The number of likely N-dealkylation sites (tertiary alicyclic amines) is 1. The smallest absolute Gasteiger partial charge is 0.310 e. The van der Waals surface area contributed by atoms with Gasteiger partial charge in [-0.2, -0.15) is 0 Å². The molecular weight excluding hydrogens is 574 g/mol. The zero-order valence-corrected chi connectivity index (χ0v) is 22.7. The minimum absolute atomic E-state index is 0.197. The van der Waals surface area contributed by atoms with Gasteiger partial charge in [-0.05, 0) is 39.2 Å². The first-order valence-electron chi connectivity index (χ1n) is 13.0. The number of carboxylic acids is 1. The molecule has 4 aromatic rings. The number of ether oxygens (including phenoxy) is 1. The van der Waals surface area contributed by atoms with E-state index in [1.165, 1.54) is 0 Å². The Labute approximate surface area is 238 Å². The topological polar surface area (TPSA) is 110 Å². The Morgan fingerprint density at radius 1 is 0.950 bits per heavy atom. The molecule has 9 nitrogen and oxygen atoms in total. The van der Waals surface area contributed by atoms with Crippen LogP contribution in [-0.4, -0.2) is 60.3 Å². The van der Waals surface area contributed by atoms with Gasteiger partial charge in [0.1, 0.15) is 23.6 Å². The van der Waals surface area contributed by atoms with Crippen LogP contribution in [0.25, 0.3) is 0 Å². The van der Waals surface area contributed by atoms with Gasteiger partial charge in [0.25, 0.3) is 0 Å². The zero-order chi connectivity index (χ0) is 27.4. The Morgan fingerprint density at radius 2 is 1.57 bits per heavy atom. The van der Waals surface area contributed by atoms with E-state index in [-0.39, 0.29) is 18.5 Å². The predicted octanol–water partition coefficient (Wildman–Crippen LogP) is 4.03. The third-order valence-electron chi connectivity index (χ3n) is 8.15. The number of carbonyl (C=O) groups excluding carboxylic acids is 1. The number of carboxylic acid groups (broad SMARTS) is 1. The van der Waals surface area contributed by atoms with E-state index in [4.69, 9.17) is 4.74 Å². The van der Waals surface area contributed by atoms with Gasteiger partial charge < -0.3 is 14.7 Å². The first kappa shape index (κ1) is 24.9. The first-order chi connectivity index (χ1) is 19.5. The van der Waals surface area contributed by atoms with Crippen molar-refractivity contribution in [2.75, 3.05) is 6.54 Å². The van der Waals surface area contributed by atoms with Crippen LogP contribution in [0.1, 0.15) is 34.6 Å². The number of aromatic nitrogens is 4. The van der Waals surface area contributed by atoms with E-state index in [1.54, 1.807) is 15.7 Å². The molecule has 3 aromatic carbocycles. The van der Waals surface area contributed by atoms with E-state index in [2.05, 4.69) is 31.5 Å². The van der Waals surface area contributed by atoms with Gasteiger partial charge >= 0.3 is 5.97 Å². The molecule has 3 aliphatic heterocycles. The molecule has 10 heteroatoms. The minimum Gasteiger partial charge on any atom is -0.481 e. The number of carbonyl (C=O) groups is 2. The van der Waals surface area contributed by atoms with Crippen molar-refractivity contribution in [3.05, 3.63) is 124 Å². The average molecular weight is 598 g/mol. The normalized spacial score (nSPS) is 25.5. The van der Waals surface area contributed by atoms with E-state index in [0.29, 0.717) is 5.82 Å². The van der Waals surface area contributed by atoms with Crippen molar-refractivity contribution in [3.63, 3.8) is 0 Å². The van der Waals surface area contributed by atoms with Crippen molar-refractivity contribution in [2.45, 2.75) is 23.8 Å². The standard InChI is InChI=1S/C30H24BrN5O4/c31-21-13-11-20(12-14-21)26(35-17-30-16-15-22(40-30)23(29(38)39)24(30)28(35)37)27-32-33-34-36(27)25(18-7-3-1-4-8-18)19-9-5-2-6-10-19/h1-16,22-26H,17H2,(H,38,39)/t22-,23-,24-,26-,30-/m1/s1. The van der Waals surface area contributed by atoms with Gasteiger partial charge in [0.05, 0.1) is 18.6 Å². The second-order valence-electron chi connectivity index (χ2n) is 10.4. The Kier molecular flexibility index (Phi) is 5.90. The lowest BCUT2D eigenvalue weighted by Gasteiger charge is -2.31. The lowest BCUT2D eigenvalue weighted by atomic mass is 9.77. The van der Waals surface area contributed by atoms with Crippen molar-refractivity contribution >= 4 is 27.8 Å². The Bertz CT molecular complexity index is 1570. The van der Waals surface area contributed by atoms with Crippen LogP contribution in [-0.2, 0) is 14.3 Å². The molecule has 0 aliphatic carbocycles. The first-order valence-corrected chi connectivity index (χ1v) is 13.8. The van der Waals surface area contributed by atoms with Gasteiger partial charge in [-0.25, -0.2) is 4.68 Å². The largest absolute Gasteiger partial charge is 0.481 e. The van der Waals surface area contributed by atoms with Gasteiger partial charge in [-0.15, -0.1) is 5.10 Å². The second-order valence-corrected chi connectivity index (χ2v) is 11.3. The fraction of sp³-hybridized carbons (Fsp3) is 0.233. The number of nitrogens with zero attached hydrogens (tertiary/aromatic N) is 5. The Balaban J connectivity index is 1.38. The monoisotopic (exact) mass is 597 g/mol. The lowest BCUT2D eigenvalue weighted by molar-refractivity contribution is -0.148. The molecule has 3 aliphatic rings. The molecule has 0 saturated carbocycles. The van der Waals surface area contributed by atoms with Crippen LogP contribution in [0.15, 0.2) is 102 Å². The molecule has 1 spiro atoms. The van der Waals surface area contributed by atoms with Gasteiger partial charge in [-0.1, -0.05) is 101 Å². The maximum Gasteiger partial charge on any atom is 0.310 e. The van der Waals surface area contributed by atoms with Crippen molar-refractivity contribution in [1.29, 1.82) is 0 Å². The maximum absolute atomic E-state index is 14.1. The van der Waals surface area contributed by atoms with Crippen LogP contribution >= 0.6 is 15.9 Å². The highest BCUT2D eigenvalue weighted by molar-refractivity contribution is 9.10. The summed E-state index contributed by atoms with van der Waals surface area (Å²) in [6.45, 7) is 0.197. The molecule has 0 radical (unpaired) electrons. The SMILES string of the molecule is O=C(O)[C@@H]1[C@H]2C=C[C@]3(CN([C@H](c4ccc(Br)cc4)c4nnnn4C(c4ccccc4)c4ccccc4)C(=O)[C@@H]13)O2. The van der Waals surface area contributed by atoms with Crippen LogP contribution in [0.3, 0.4) is 0 Å². The Hall–Kier alpha value is -4.15. The molecule has 1 aromatic heterocycles. The fourth-order valence-corrected chi connectivity index (χ4v) is 6.72. The molecule has 2 saturated heterocycles. The summed E-state index contributed by atoms with van der Waals surface area (Å²) in [5.74, 6) is -2.60. The highest BCUT2D eigenvalue weighted by atomic mass is 79.9. The molecule has 40 heavy (non-hydrogen) atoms. The molecule has 7 rings (SSSR count). The summed E-state index contributed by atoms with van der Waals surface area (Å²) in [7, 11) is 0. The lowest BCUT2D eigenvalue weighted by Crippen LogP contribution is -2.40. The van der Waals surface area contributed by atoms with E-state index >= 15 is 0 Å². The van der Waals surface area contributed by atoms with Gasteiger partial charge in [-0.3, -0.25) is 9.59 Å². The highest BCUT2D eigenvalue weighted by Crippen LogP contribution is 2.54. The average Bonchev–Trinajstić information content (AvgIpc) is 3.74. The number of amides is 1. The summed E-state index contributed by atoms with van der Waals surface area (Å²) in [5, 5.41) is 23.0. The van der Waals surface area contributed by atoms with Crippen LogP contribution < -0.4 is 0 Å². The Morgan fingerprint density at radius 3 is 2.20 bits per heavy atom. The predicted molar refractivity (Wildman–Crippen MR) is 147 cm³/mol. The van der Waals surface area contributed by atoms with Crippen LogP contribution in [0.4, 0.5) is 0 Å². The molecule has 0 unspecified atom stereocenters. The highest BCUT2D eigenvalue weighted by Gasteiger charge is 2.68. The number of tetrazole rings is 1. The maximum atomic E-state index is 14.1. The summed E-state index contributed by atoms with van der Waals surface area (Å²) in [6.07, 6.45) is 3.02. The zero-order valence-electron chi connectivity index (χ0n) is 21.1. The summed E-state index contributed by atoms with van der Waals surface area (Å²) in [5.41, 5.74) is 1.77. The molecule has 1 N–H and O–H groups in total. The molecule has 2 bridgehead atoms. The number of halogens is 1. The van der Waals surface area contributed by atoms with Crippen molar-refractivity contribution < 1.29 is 19.4 Å². The van der Waals surface area contributed by atoms with E-state index in [1.807, 2.05) is 91.0 Å². The summed E-state index contributed by atoms with van der Waals surface area (Å²) < 4.78 is 8.83. The van der Waals surface area contributed by atoms with Crippen molar-refractivity contribution in [3.8, 4) is 0 Å². The number of benzene rings is 3. The molecule has 2 fully saturated rings. The van der Waals surface area contributed by atoms with Crippen molar-refractivity contribution in [2.24, 2.45) is 11.8 Å². The summed E-state index contributed by atoms with van der Waals surface area (Å²) in [4.78, 5) is 28.1. The summed E-state index contributed by atoms with van der Waals surface area (Å²) >= 11 is 3.51. The number of fused-ring (bicyclic) bond motifs is 1. The molecule has 1 amide bonds. The van der Waals surface area contributed by atoms with E-state index < -0.39 is 35.6 Å². The van der Waals surface area contributed by atoms with Gasteiger partial charge in [0.15, 0.2) is 5.82 Å². The number of hydrogen-bond donors (Lipinski definition) is 1. The minimum atomic E-state index is -1.03. The third kappa shape index (κ3) is 3.82. The van der Waals surface area contributed by atoms with Crippen molar-refractivity contribution in [1.82, 2.24) is 25.1 Å². The number of rotatable bonds is 7. The van der Waals surface area contributed by atoms with E-state index in [9.17, 15) is 14.7 Å². The molecule has 200 valence electrons. The second kappa shape index (κ2) is 9.50. The third-order valence-corrected chi connectivity index (χ3v) is 8.68. The number of aliphatic carboxylic acids is 1. The summed E-state index contributed by atoms with van der Waals surface area (Å²) in [6, 6.07) is 26.5. The fourth-order valence-electron chi connectivity index (χ4n) is 6.45. The van der Waals surface area contributed by atoms with Gasteiger partial charge in [0.2, 0.25) is 5.91 Å². The molecule has 5 atom stereocenters. The van der Waals surface area contributed by atoms with Gasteiger partial charge in [0, 0.05) is 4.47 Å². The van der Waals surface area contributed by atoms with E-state index in [0.717, 1.165) is 21.2 Å². The van der Waals surface area contributed by atoms with Crippen LogP contribution in [0, 0.1) is 11.8 Å². The quantitative estimate of drug-likeness (QED) is 0.320. The molecular formula is C30H24BrN5O4. The van der Waals surface area contributed by atoms with Crippen LogP contribution in [0.2, 0.25) is 0 Å². The van der Waals surface area contributed by atoms with Crippen LogP contribution in [0.5, 0.6) is 0 Å². The molecule has 4 heterocycles. The number of hydrogen-bond acceptors (Lipinski definition) is 6.